The number of hydrogen-bond acceptors (Lipinski definition) is 5. The number of halogens is 1. The van der Waals surface area contributed by atoms with E-state index in [1.165, 1.54) is 35.0 Å². The fourth-order valence-electron chi connectivity index (χ4n) is 3.59. The van der Waals surface area contributed by atoms with Gasteiger partial charge in [0.25, 0.3) is 5.56 Å². The minimum Gasteiger partial charge on any atom is -0.368 e. The minimum atomic E-state index is -0.727. The molecule has 0 fully saturated rings. The molecular weight excluding hydrogens is 399 g/mol. The molecule has 1 aliphatic rings. The van der Waals surface area contributed by atoms with Crippen LogP contribution in [0.15, 0.2) is 33.9 Å². The van der Waals surface area contributed by atoms with E-state index in [4.69, 9.17) is 5.73 Å². The fourth-order valence-corrected chi connectivity index (χ4v) is 4.93. The predicted molar refractivity (Wildman–Crippen MR) is 106 cm³/mol. The van der Waals surface area contributed by atoms with Gasteiger partial charge in [-0.3, -0.25) is 19.0 Å². The number of benzene rings is 1. The number of fused-ring (bicyclic) bond motifs is 3. The molecule has 2 N–H and O–H groups in total. The highest BCUT2D eigenvalue weighted by molar-refractivity contribution is 7.18. The quantitative estimate of drug-likeness (QED) is 0.680. The molecule has 10 heteroatoms. The lowest BCUT2D eigenvalue weighted by atomic mass is 10.1. The van der Waals surface area contributed by atoms with E-state index in [1.807, 2.05) is 0 Å². The summed E-state index contributed by atoms with van der Waals surface area (Å²) < 4.78 is 15.4. The van der Waals surface area contributed by atoms with Crippen molar-refractivity contribution in [2.75, 3.05) is 6.54 Å². The Labute approximate surface area is 167 Å². The molecule has 0 bridgehead atoms. The maximum atomic E-state index is 13.3. The summed E-state index contributed by atoms with van der Waals surface area (Å²) in [4.78, 5) is 52.5. The van der Waals surface area contributed by atoms with Gasteiger partial charge in [0.1, 0.15) is 17.2 Å². The molecule has 1 aromatic carbocycles. The Hall–Kier alpha value is -3.27. The molecule has 0 spiro atoms. The van der Waals surface area contributed by atoms with E-state index in [1.54, 1.807) is 4.90 Å². The standard InChI is InChI=1S/C19H17FN4O4S/c1-10(25)22-7-6-13-14(8-22)29-18-16(13)17(27)24(12-4-2-11(20)3-5-12)19(28)23(18)9-15(21)26/h2-5H,6-9H2,1H3,(H2,21,26). The van der Waals surface area contributed by atoms with Crippen LogP contribution < -0.4 is 17.0 Å². The Morgan fingerprint density at radius 1 is 1.21 bits per heavy atom. The number of nitrogens with zero attached hydrogens (tertiary/aromatic N) is 3. The molecule has 0 saturated heterocycles. The molecule has 0 saturated carbocycles. The first-order chi connectivity index (χ1) is 13.8. The number of rotatable bonds is 3. The van der Waals surface area contributed by atoms with E-state index in [0.717, 1.165) is 27.1 Å². The first-order valence-electron chi connectivity index (χ1n) is 8.87. The molecule has 8 nitrogen and oxygen atoms in total. The summed E-state index contributed by atoms with van der Waals surface area (Å²) in [5, 5.41) is 0.332. The van der Waals surface area contributed by atoms with Crippen molar-refractivity contribution in [2.45, 2.75) is 26.4 Å². The first kappa shape index (κ1) is 19.1. The molecule has 2 aromatic heterocycles. The lowest BCUT2D eigenvalue weighted by Gasteiger charge is -2.25. The summed E-state index contributed by atoms with van der Waals surface area (Å²) in [6.07, 6.45) is 0.461. The van der Waals surface area contributed by atoms with Crippen molar-refractivity contribution in [1.82, 2.24) is 14.0 Å². The number of nitrogens with two attached hydrogens (primary N) is 1. The summed E-state index contributed by atoms with van der Waals surface area (Å²) >= 11 is 1.21. The Morgan fingerprint density at radius 3 is 2.52 bits per heavy atom. The van der Waals surface area contributed by atoms with E-state index in [0.29, 0.717) is 29.7 Å². The average Bonchev–Trinajstić information content (AvgIpc) is 3.05. The van der Waals surface area contributed by atoms with Gasteiger partial charge in [-0.15, -0.1) is 11.3 Å². The van der Waals surface area contributed by atoms with Gasteiger partial charge in [-0.2, -0.15) is 0 Å². The number of thiophene rings is 1. The molecule has 3 heterocycles. The van der Waals surface area contributed by atoms with Crippen LogP contribution in [0.3, 0.4) is 0 Å². The van der Waals surface area contributed by atoms with Crippen LogP contribution in [0.4, 0.5) is 4.39 Å². The highest BCUT2D eigenvalue weighted by Gasteiger charge is 2.27. The molecule has 1 aliphatic heterocycles. The second kappa shape index (κ2) is 6.96. The van der Waals surface area contributed by atoms with Crippen molar-refractivity contribution in [1.29, 1.82) is 0 Å². The smallest absolute Gasteiger partial charge is 0.337 e. The molecule has 0 radical (unpaired) electrons. The Morgan fingerprint density at radius 2 is 1.90 bits per heavy atom. The zero-order valence-corrected chi connectivity index (χ0v) is 16.3. The van der Waals surface area contributed by atoms with Gasteiger partial charge in [-0.1, -0.05) is 0 Å². The number of aromatic nitrogens is 2. The number of amides is 2. The van der Waals surface area contributed by atoms with Gasteiger partial charge in [0, 0.05) is 18.3 Å². The summed E-state index contributed by atoms with van der Waals surface area (Å²) in [7, 11) is 0. The zero-order chi connectivity index (χ0) is 20.9. The van der Waals surface area contributed by atoms with Gasteiger partial charge >= 0.3 is 5.69 Å². The molecule has 0 atom stereocenters. The van der Waals surface area contributed by atoms with Crippen LogP contribution >= 0.6 is 11.3 Å². The molecule has 3 aromatic rings. The molecule has 150 valence electrons. The highest BCUT2D eigenvalue weighted by Crippen LogP contribution is 2.33. The van der Waals surface area contributed by atoms with Crippen molar-refractivity contribution in [3.8, 4) is 5.69 Å². The van der Waals surface area contributed by atoms with Gasteiger partial charge in [0.15, 0.2) is 0 Å². The van der Waals surface area contributed by atoms with Crippen molar-refractivity contribution in [2.24, 2.45) is 5.73 Å². The molecule has 2 amide bonds. The number of hydrogen-bond donors (Lipinski definition) is 1. The normalized spacial score (nSPS) is 13.5. The molecule has 0 unspecified atom stereocenters. The fraction of sp³-hybridized carbons (Fsp3) is 0.263. The highest BCUT2D eigenvalue weighted by atomic mass is 32.1. The zero-order valence-electron chi connectivity index (χ0n) is 15.5. The molecule has 29 heavy (non-hydrogen) atoms. The Kier molecular flexibility index (Phi) is 4.58. The van der Waals surface area contributed by atoms with Crippen LogP contribution in [0.2, 0.25) is 0 Å². The largest absolute Gasteiger partial charge is 0.368 e. The predicted octanol–water partition coefficient (Wildman–Crippen LogP) is 0.743. The van der Waals surface area contributed by atoms with Gasteiger partial charge < -0.3 is 10.6 Å². The van der Waals surface area contributed by atoms with Crippen LogP contribution in [0.5, 0.6) is 0 Å². The maximum Gasteiger partial charge on any atom is 0.337 e. The van der Waals surface area contributed by atoms with E-state index in [-0.39, 0.29) is 11.6 Å². The van der Waals surface area contributed by atoms with E-state index >= 15 is 0 Å². The first-order valence-corrected chi connectivity index (χ1v) is 9.69. The number of carbonyl (C=O) groups is 2. The maximum absolute atomic E-state index is 13.3. The SMILES string of the molecule is CC(=O)N1CCc2c(sc3c2c(=O)n(-c2ccc(F)cc2)c(=O)n3CC(N)=O)C1. The third-order valence-corrected chi connectivity index (χ3v) is 6.21. The second-order valence-corrected chi connectivity index (χ2v) is 7.91. The van der Waals surface area contributed by atoms with Crippen LogP contribution in [-0.2, 0) is 29.1 Å². The van der Waals surface area contributed by atoms with Gasteiger partial charge in [0.05, 0.1) is 17.6 Å². The van der Waals surface area contributed by atoms with E-state index < -0.39 is 29.5 Å². The number of carbonyl (C=O) groups excluding carboxylic acids is 2. The molecular formula is C19H17FN4O4S. The second-order valence-electron chi connectivity index (χ2n) is 6.83. The summed E-state index contributed by atoms with van der Waals surface area (Å²) in [6.45, 7) is 1.87. The van der Waals surface area contributed by atoms with E-state index in [9.17, 15) is 23.6 Å². The third kappa shape index (κ3) is 3.15. The minimum absolute atomic E-state index is 0.0774. The van der Waals surface area contributed by atoms with Crippen molar-refractivity contribution >= 4 is 33.4 Å². The Balaban J connectivity index is 2.04. The van der Waals surface area contributed by atoms with Crippen LogP contribution in [0, 0.1) is 5.82 Å². The average molecular weight is 416 g/mol. The monoisotopic (exact) mass is 416 g/mol. The lowest BCUT2D eigenvalue weighted by Crippen LogP contribution is -2.41. The van der Waals surface area contributed by atoms with E-state index in [2.05, 4.69) is 0 Å². The third-order valence-electron chi connectivity index (χ3n) is 4.97. The lowest BCUT2D eigenvalue weighted by molar-refractivity contribution is -0.129. The van der Waals surface area contributed by atoms with Gasteiger partial charge in [-0.05, 0) is 36.2 Å². The van der Waals surface area contributed by atoms with Crippen LogP contribution in [-0.4, -0.2) is 32.4 Å². The van der Waals surface area contributed by atoms with Crippen LogP contribution in [0.25, 0.3) is 15.9 Å². The summed E-state index contributed by atoms with van der Waals surface area (Å²) in [6, 6.07) is 4.96. The van der Waals surface area contributed by atoms with Crippen molar-refractivity contribution in [3.05, 3.63) is 61.4 Å². The van der Waals surface area contributed by atoms with Crippen LogP contribution in [0.1, 0.15) is 17.4 Å². The van der Waals surface area contributed by atoms with Crippen molar-refractivity contribution in [3.63, 3.8) is 0 Å². The van der Waals surface area contributed by atoms with Crippen molar-refractivity contribution < 1.29 is 14.0 Å². The molecule has 4 rings (SSSR count). The number of primary amides is 1. The summed E-state index contributed by atoms with van der Waals surface area (Å²) in [5.41, 5.74) is 5.03. The van der Waals surface area contributed by atoms with Gasteiger partial charge in [-0.25, -0.2) is 13.8 Å². The van der Waals surface area contributed by atoms with Gasteiger partial charge in [0.2, 0.25) is 11.8 Å². The molecule has 0 aliphatic carbocycles. The summed E-state index contributed by atoms with van der Waals surface area (Å²) in [5.74, 6) is -1.31. The Bertz CT molecular complexity index is 1270. The topological polar surface area (TPSA) is 107 Å².